The predicted octanol–water partition coefficient (Wildman–Crippen LogP) is 3.00. The van der Waals surface area contributed by atoms with Crippen LogP contribution in [0.25, 0.3) is 0 Å². The molecule has 6 nitrogen and oxygen atoms in total. The van der Waals surface area contributed by atoms with Gasteiger partial charge in [0.15, 0.2) is 17.8 Å². The molecular weight excluding hydrogens is 372 g/mol. The molecule has 0 aromatic rings. The number of carbonyl (C=O) groups excluding carboxylic acids is 2. The lowest BCUT2D eigenvalue weighted by Crippen LogP contribution is -2.74. The summed E-state index contributed by atoms with van der Waals surface area (Å²) in [5.74, 6) is 0.172. The number of hydrogen-bond acceptors (Lipinski definition) is 6. The Bertz CT molecular complexity index is 842. The van der Waals surface area contributed by atoms with Gasteiger partial charge in [0.2, 0.25) is 11.6 Å². The number of carbonyl (C=O) groups is 2. The Labute approximate surface area is 172 Å². The van der Waals surface area contributed by atoms with Gasteiger partial charge >= 0.3 is 0 Å². The van der Waals surface area contributed by atoms with Crippen molar-refractivity contribution in [1.82, 2.24) is 0 Å². The van der Waals surface area contributed by atoms with Crippen LogP contribution in [0, 0.1) is 34.0 Å². The first-order valence-corrected chi connectivity index (χ1v) is 10.4. The number of fused-ring (bicyclic) bond motifs is 2. The lowest BCUT2D eigenvalue weighted by atomic mass is 9.33. The average Bonchev–Trinajstić information content (AvgIpc) is 2.67. The minimum atomic E-state index is -1.06. The molecule has 1 aliphatic heterocycles. The first-order chi connectivity index (χ1) is 13.5. The van der Waals surface area contributed by atoms with Gasteiger partial charge in [0.25, 0.3) is 0 Å². The molecule has 6 heteroatoms. The summed E-state index contributed by atoms with van der Waals surface area (Å²) in [6.07, 6.45) is 1.63. The van der Waals surface area contributed by atoms with Gasteiger partial charge in [-0.05, 0) is 42.7 Å². The van der Waals surface area contributed by atoms with E-state index in [1.807, 2.05) is 26.8 Å². The van der Waals surface area contributed by atoms with E-state index in [1.165, 1.54) is 14.2 Å². The van der Waals surface area contributed by atoms with Crippen LogP contribution in [0.1, 0.15) is 47.5 Å². The van der Waals surface area contributed by atoms with E-state index in [2.05, 4.69) is 13.8 Å². The highest BCUT2D eigenvalue weighted by Crippen LogP contribution is 2.73. The highest BCUT2D eigenvalue weighted by Gasteiger charge is 2.77. The zero-order chi connectivity index (χ0) is 21.5. The van der Waals surface area contributed by atoms with Gasteiger partial charge in [-0.25, -0.2) is 0 Å². The van der Waals surface area contributed by atoms with E-state index in [9.17, 15) is 14.7 Å². The lowest BCUT2D eigenvalue weighted by Gasteiger charge is -2.70. The Hall–Kier alpha value is -1.66. The molecule has 1 saturated heterocycles. The van der Waals surface area contributed by atoms with E-state index >= 15 is 0 Å². The number of aliphatic hydroxyl groups excluding tert-OH is 1. The standard InChI is InChI=1S/C23H32O6/c1-11-8-15(27-6)19(25)22(4)13(11)9-16-21(3)14(10-17(24)29-16)12(2)18(28-7)20(26)23(21,22)5/h8,11,13-14,16-17,24H,9-10H2,1-7H3/t11-,13+,14+,16-,17-,21-,22-,23+/m1/s1. The summed E-state index contributed by atoms with van der Waals surface area (Å²) in [6, 6.07) is 0. The van der Waals surface area contributed by atoms with E-state index in [0.29, 0.717) is 24.4 Å². The highest BCUT2D eigenvalue weighted by atomic mass is 16.6. The van der Waals surface area contributed by atoms with Gasteiger partial charge in [-0.15, -0.1) is 0 Å². The van der Waals surface area contributed by atoms with Gasteiger partial charge in [0.05, 0.1) is 31.2 Å². The Balaban J connectivity index is 2.05. The first kappa shape index (κ1) is 20.6. The molecule has 0 aromatic heterocycles. The largest absolute Gasteiger partial charge is 0.493 e. The second-order valence-electron chi connectivity index (χ2n) is 9.79. The third kappa shape index (κ3) is 2.09. The molecule has 0 bridgehead atoms. The summed E-state index contributed by atoms with van der Waals surface area (Å²) in [7, 11) is 3.01. The van der Waals surface area contributed by atoms with Crippen molar-refractivity contribution in [3.63, 3.8) is 0 Å². The van der Waals surface area contributed by atoms with Gasteiger partial charge in [-0.2, -0.15) is 0 Å². The molecule has 3 aliphatic carbocycles. The van der Waals surface area contributed by atoms with Crippen LogP contribution in [0.2, 0.25) is 0 Å². The fourth-order valence-electron chi connectivity index (χ4n) is 7.33. The first-order valence-electron chi connectivity index (χ1n) is 10.4. The Morgan fingerprint density at radius 1 is 1.10 bits per heavy atom. The summed E-state index contributed by atoms with van der Waals surface area (Å²) in [5.41, 5.74) is -1.84. The van der Waals surface area contributed by atoms with Crippen LogP contribution in [-0.2, 0) is 23.8 Å². The molecule has 0 unspecified atom stereocenters. The number of ether oxygens (including phenoxy) is 3. The van der Waals surface area contributed by atoms with Crippen LogP contribution in [0.5, 0.6) is 0 Å². The normalized spacial score (nSPS) is 49.2. The zero-order valence-electron chi connectivity index (χ0n) is 18.4. The van der Waals surface area contributed by atoms with E-state index in [-0.39, 0.29) is 35.4 Å². The molecule has 0 spiro atoms. The zero-order valence-corrected chi connectivity index (χ0v) is 18.4. The summed E-state index contributed by atoms with van der Waals surface area (Å²) in [4.78, 5) is 27.8. The Morgan fingerprint density at radius 2 is 1.76 bits per heavy atom. The molecule has 1 heterocycles. The van der Waals surface area contributed by atoms with Crippen LogP contribution in [0.15, 0.2) is 23.2 Å². The van der Waals surface area contributed by atoms with E-state index in [4.69, 9.17) is 14.2 Å². The number of rotatable bonds is 2. The fourth-order valence-corrected chi connectivity index (χ4v) is 7.33. The van der Waals surface area contributed by atoms with Crippen LogP contribution < -0.4 is 0 Å². The third-order valence-corrected chi connectivity index (χ3v) is 9.19. The average molecular weight is 405 g/mol. The second-order valence-corrected chi connectivity index (χ2v) is 9.79. The third-order valence-electron chi connectivity index (χ3n) is 9.19. The molecule has 160 valence electrons. The van der Waals surface area contributed by atoms with Crippen molar-refractivity contribution >= 4 is 11.6 Å². The molecule has 29 heavy (non-hydrogen) atoms. The molecule has 8 atom stereocenters. The van der Waals surface area contributed by atoms with Crippen molar-refractivity contribution in [3.05, 3.63) is 23.2 Å². The maximum atomic E-state index is 14.0. The van der Waals surface area contributed by atoms with Crippen molar-refractivity contribution in [3.8, 4) is 0 Å². The van der Waals surface area contributed by atoms with Crippen LogP contribution in [-0.4, -0.2) is 43.3 Å². The number of allylic oxidation sites excluding steroid dienone is 4. The minimum absolute atomic E-state index is 0.0287. The number of ketones is 2. The molecule has 1 N–H and O–H groups in total. The lowest BCUT2D eigenvalue weighted by molar-refractivity contribution is -0.295. The molecule has 4 aliphatic rings. The summed E-state index contributed by atoms with van der Waals surface area (Å²) < 4.78 is 17.1. The van der Waals surface area contributed by atoms with Gasteiger partial charge < -0.3 is 19.3 Å². The Kier molecular flexibility index (Phi) is 4.39. The van der Waals surface area contributed by atoms with Gasteiger partial charge in [-0.1, -0.05) is 27.7 Å². The van der Waals surface area contributed by atoms with Crippen LogP contribution >= 0.6 is 0 Å². The van der Waals surface area contributed by atoms with E-state index < -0.39 is 22.5 Å². The highest BCUT2D eigenvalue weighted by molar-refractivity contribution is 6.09. The molecule has 0 radical (unpaired) electrons. The van der Waals surface area contributed by atoms with Gasteiger partial charge in [-0.3, -0.25) is 9.59 Å². The van der Waals surface area contributed by atoms with Gasteiger partial charge in [0.1, 0.15) is 0 Å². The fraction of sp³-hybridized carbons (Fsp3) is 0.739. The number of Topliss-reactive ketones (excluding diaryl/α,β-unsaturated/α-hetero) is 2. The molecule has 4 rings (SSSR count). The van der Waals surface area contributed by atoms with Gasteiger partial charge in [0, 0.05) is 11.8 Å². The molecule has 0 aromatic carbocycles. The maximum Gasteiger partial charge on any atom is 0.204 e. The monoisotopic (exact) mass is 404 g/mol. The molecule has 0 amide bonds. The predicted molar refractivity (Wildman–Crippen MR) is 105 cm³/mol. The molecule has 2 fully saturated rings. The van der Waals surface area contributed by atoms with Crippen LogP contribution in [0.4, 0.5) is 0 Å². The van der Waals surface area contributed by atoms with Crippen molar-refractivity contribution in [1.29, 1.82) is 0 Å². The number of methoxy groups -OCH3 is 2. The van der Waals surface area contributed by atoms with Crippen molar-refractivity contribution < 1.29 is 28.9 Å². The maximum absolute atomic E-state index is 14.0. The van der Waals surface area contributed by atoms with E-state index in [0.717, 1.165) is 5.57 Å². The van der Waals surface area contributed by atoms with E-state index in [1.54, 1.807) is 0 Å². The number of aliphatic hydroxyl groups is 1. The summed E-state index contributed by atoms with van der Waals surface area (Å²) >= 11 is 0. The summed E-state index contributed by atoms with van der Waals surface area (Å²) in [5, 5.41) is 10.5. The smallest absolute Gasteiger partial charge is 0.204 e. The molecule has 1 saturated carbocycles. The number of hydrogen-bond donors (Lipinski definition) is 1. The van der Waals surface area contributed by atoms with Crippen molar-refractivity contribution in [2.24, 2.45) is 34.0 Å². The van der Waals surface area contributed by atoms with Crippen molar-refractivity contribution in [2.75, 3.05) is 14.2 Å². The second kappa shape index (κ2) is 6.17. The van der Waals surface area contributed by atoms with Crippen molar-refractivity contribution in [2.45, 2.75) is 59.9 Å². The van der Waals surface area contributed by atoms with Crippen LogP contribution in [0.3, 0.4) is 0 Å². The summed E-state index contributed by atoms with van der Waals surface area (Å²) in [6.45, 7) is 9.87. The SMILES string of the molecule is COC1=C[C@@H](C)[C@@H]2C[C@H]3O[C@@H](O)C[C@H]4C(C)=C(OC)C(=O)[C@@](C)([C@@]34C)[C@@]2(C)C1=O. The Morgan fingerprint density at radius 3 is 2.34 bits per heavy atom. The topological polar surface area (TPSA) is 82.1 Å². The minimum Gasteiger partial charge on any atom is -0.493 e. The molecular formula is C23H32O6. The quantitative estimate of drug-likeness (QED) is 0.762.